The topological polar surface area (TPSA) is 40.5 Å². The van der Waals surface area contributed by atoms with Crippen LogP contribution in [-0.2, 0) is 0 Å². The molecule has 0 aromatic heterocycles. The van der Waals surface area contributed by atoms with Crippen LogP contribution in [0.1, 0.15) is 23.2 Å². The smallest absolute Gasteiger partial charge is 0.152 e. The van der Waals surface area contributed by atoms with Crippen LogP contribution >= 0.6 is 11.6 Å². The van der Waals surface area contributed by atoms with Crippen molar-refractivity contribution in [2.75, 3.05) is 24.6 Å². The van der Waals surface area contributed by atoms with E-state index in [0.29, 0.717) is 16.5 Å². The van der Waals surface area contributed by atoms with Crippen molar-refractivity contribution in [1.29, 1.82) is 0 Å². The van der Waals surface area contributed by atoms with Crippen LogP contribution in [0.2, 0.25) is 5.02 Å². The van der Waals surface area contributed by atoms with Gasteiger partial charge in [-0.1, -0.05) is 11.6 Å². The Labute approximate surface area is 106 Å². The first-order valence-electron chi connectivity index (χ1n) is 5.85. The molecule has 17 heavy (non-hydrogen) atoms. The first-order chi connectivity index (χ1) is 8.24. The zero-order valence-corrected chi connectivity index (χ0v) is 10.4. The lowest BCUT2D eigenvalue weighted by molar-refractivity contribution is 0.112. The van der Waals surface area contributed by atoms with Gasteiger partial charge in [0, 0.05) is 36.0 Å². The van der Waals surface area contributed by atoms with E-state index in [0.717, 1.165) is 37.9 Å². The van der Waals surface area contributed by atoms with Crippen molar-refractivity contribution < 1.29 is 9.90 Å². The van der Waals surface area contributed by atoms with Gasteiger partial charge in [-0.15, -0.1) is 0 Å². The third kappa shape index (κ3) is 2.79. The highest BCUT2D eigenvalue weighted by molar-refractivity contribution is 6.31. The Morgan fingerprint density at radius 3 is 2.71 bits per heavy atom. The van der Waals surface area contributed by atoms with E-state index in [1.165, 1.54) is 0 Å². The fourth-order valence-electron chi connectivity index (χ4n) is 2.25. The Hall–Kier alpha value is -1.06. The van der Waals surface area contributed by atoms with Crippen molar-refractivity contribution in [2.45, 2.75) is 12.8 Å². The van der Waals surface area contributed by atoms with Gasteiger partial charge in [0.25, 0.3) is 0 Å². The molecule has 0 saturated carbocycles. The fourth-order valence-corrected chi connectivity index (χ4v) is 2.41. The highest BCUT2D eigenvalue weighted by Gasteiger charge is 2.20. The first kappa shape index (κ1) is 12.4. The minimum Gasteiger partial charge on any atom is -0.396 e. The van der Waals surface area contributed by atoms with Crippen molar-refractivity contribution in [1.82, 2.24) is 0 Å². The van der Waals surface area contributed by atoms with E-state index in [4.69, 9.17) is 16.7 Å². The third-order valence-corrected chi connectivity index (χ3v) is 3.57. The van der Waals surface area contributed by atoms with Crippen molar-refractivity contribution in [2.24, 2.45) is 5.92 Å². The van der Waals surface area contributed by atoms with Crippen LogP contribution in [-0.4, -0.2) is 31.1 Å². The van der Waals surface area contributed by atoms with Gasteiger partial charge in [-0.05, 0) is 37.0 Å². The average molecular weight is 254 g/mol. The third-order valence-electron chi connectivity index (χ3n) is 3.33. The molecule has 0 spiro atoms. The Balaban J connectivity index is 2.17. The van der Waals surface area contributed by atoms with Crippen molar-refractivity contribution >= 4 is 23.6 Å². The van der Waals surface area contributed by atoms with Crippen LogP contribution in [0.15, 0.2) is 18.2 Å². The summed E-state index contributed by atoms with van der Waals surface area (Å²) in [7, 11) is 0. The number of aliphatic hydroxyl groups is 1. The Bertz CT molecular complexity index is 400. The highest BCUT2D eigenvalue weighted by atomic mass is 35.5. The SMILES string of the molecule is O=Cc1ccc(Cl)cc1N1CCC(CO)CC1. The molecule has 0 aliphatic carbocycles. The molecule has 0 unspecified atom stereocenters. The Morgan fingerprint density at radius 1 is 1.41 bits per heavy atom. The standard InChI is InChI=1S/C13H16ClNO2/c14-12-2-1-11(9-17)13(7-12)15-5-3-10(8-16)4-6-15/h1-2,7,9-10,16H,3-6,8H2. The van der Waals surface area contributed by atoms with E-state index >= 15 is 0 Å². The van der Waals surface area contributed by atoms with Crippen LogP contribution < -0.4 is 4.90 Å². The molecule has 1 fully saturated rings. The summed E-state index contributed by atoms with van der Waals surface area (Å²) in [4.78, 5) is 13.2. The summed E-state index contributed by atoms with van der Waals surface area (Å²) >= 11 is 5.97. The van der Waals surface area contributed by atoms with Gasteiger partial charge in [0.2, 0.25) is 0 Å². The van der Waals surface area contributed by atoms with E-state index in [1.54, 1.807) is 12.1 Å². The minimum absolute atomic E-state index is 0.254. The number of aldehydes is 1. The molecule has 3 nitrogen and oxygen atoms in total. The van der Waals surface area contributed by atoms with Gasteiger partial charge in [-0.2, -0.15) is 0 Å². The van der Waals surface area contributed by atoms with Gasteiger partial charge in [0.05, 0.1) is 0 Å². The van der Waals surface area contributed by atoms with E-state index in [-0.39, 0.29) is 6.61 Å². The molecule has 1 N–H and O–H groups in total. The number of piperidine rings is 1. The lowest BCUT2D eigenvalue weighted by Crippen LogP contribution is -2.35. The quantitative estimate of drug-likeness (QED) is 0.841. The van der Waals surface area contributed by atoms with Gasteiger partial charge < -0.3 is 10.0 Å². The van der Waals surface area contributed by atoms with Gasteiger partial charge in [0.15, 0.2) is 6.29 Å². The second-order valence-corrected chi connectivity index (χ2v) is 4.87. The van der Waals surface area contributed by atoms with Crippen molar-refractivity contribution in [3.63, 3.8) is 0 Å². The van der Waals surface area contributed by atoms with Crippen LogP contribution in [0.25, 0.3) is 0 Å². The molecular weight excluding hydrogens is 238 g/mol. The van der Waals surface area contributed by atoms with Crippen LogP contribution in [0, 0.1) is 5.92 Å². The monoisotopic (exact) mass is 253 g/mol. The predicted octanol–water partition coefficient (Wildman–Crippen LogP) is 2.36. The number of hydrogen-bond donors (Lipinski definition) is 1. The zero-order valence-electron chi connectivity index (χ0n) is 9.60. The van der Waals surface area contributed by atoms with Gasteiger partial charge in [-0.3, -0.25) is 4.79 Å². The molecule has 1 aromatic carbocycles. The van der Waals surface area contributed by atoms with E-state index in [2.05, 4.69) is 4.90 Å². The molecule has 1 aliphatic rings. The molecule has 1 heterocycles. The molecular formula is C13H16ClNO2. The van der Waals surface area contributed by atoms with Crippen LogP contribution in [0.5, 0.6) is 0 Å². The number of hydrogen-bond acceptors (Lipinski definition) is 3. The number of aliphatic hydroxyl groups excluding tert-OH is 1. The zero-order chi connectivity index (χ0) is 12.3. The van der Waals surface area contributed by atoms with E-state index in [1.807, 2.05) is 6.07 Å². The van der Waals surface area contributed by atoms with Gasteiger partial charge in [0.1, 0.15) is 0 Å². The predicted molar refractivity (Wildman–Crippen MR) is 68.9 cm³/mol. The fraction of sp³-hybridized carbons (Fsp3) is 0.462. The largest absolute Gasteiger partial charge is 0.396 e. The van der Waals surface area contributed by atoms with Crippen molar-refractivity contribution in [3.8, 4) is 0 Å². The normalized spacial score (nSPS) is 17.2. The Kier molecular flexibility index (Phi) is 4.02. The molecule has 4 heteroatoms. The summed E-state index contributed by atoms with van der Waals surface area (Å²) in [6.45, 7) is 1.99. The van der Waals surface area contributed by atoms with Gasteiger partial charge >= 0.3 is 0 Å². The highest BCUT2D eigenvalue weighted by Crippen LogP contribution is 2.28. The minimum atomic E-state index is 0.254. The van der Waals surface area contributed by atoms with Crippen molar-refractivity contribution in [3.05, 3.63) is 28.8 Å². The number of anilines is 1. The molecule has 1 aromatic rings. The lowest BCUT2D eigenvalue weighted by Gasteiger charge is -2.33. The maximum absolute atomic E-state index is 11.0. The summed E-state index contributed by atoms with van der Waals surface area (Å²) < 4.78 is 0. The van der Waals surface area contributed by atoms with Crippen LogP contribution in [0.4, 0.5) is 5.69 Å². The summed E-state index contributed by atoms with van der Waals surface area (Å²) in [5.41, 5.74) is 1.58. The molecule has 0 radical (unpaired) electrons. The second-order valence-electron chi connectivity index (χ2n) is 4.43. The average Bonchev–Trinajstić information content (AvgIpc) is 2.39. The molecule has 2 rings (SSSR count). The number of rotatable bonds is 3. The molecule has 0 bridgehead atoms. The molecule has 0 atom stereocenters. The number of benzene rings is 1. The first-order valence-corrected chi connectivity index (χ1v) is 6.23. The van der Waals surface area contributed by atoms with Crippen LogP contribution in [0.3, 0.4) is 0 Å². The number of carbonyl (C=O) groups excluding carboxylic acids is 1. The maximum Gasteiger partial charge on any atom is 0.152 e. The summed E-state index contributed by atoms with van der Waals surface area (Å²) in [6.07, 6.45) is 2.78. The molecule has 1 aliphatic heterocycles. The molecule has 0 amide bonds. The lowest BCUT2D eigenvalue weighted by atomic mass is 9.97. The number of halogens is 1. The molecule has 1 saturated heterocycles. The number of carbonyl (C=O) groups is 1. The Morgan fingerprint density at radius 2 is 2.12 bits per heavy atom. The second kappa shape index (κ2) is 5.52. The number of nitrogens with zero attached hydrogens (tertiary/aromatic N) is 1. The summed E-state index contributed by atoms with van der Waals surface area (Å²) in [6, 6.07) is 5.32. The van der Waals surface area contributed by atoms with Gasteiger partial charge in [-0.25, -0.2) is 0 Å². The summed E-state index contributed by atoms with van der Waals surface area (Å²) in [5, 5.41) is 9.74. The van der Waals surface area contributed by atoms with E-state index < -0.39 is 0 Å². The summed E-state index contributed by atoms with van der Waals surface area (Å²) in [5.74, 6) is 0.394. The van der Waals surface area contributed by atoms with E-state index in [9.17, 15) is 4.79 Å². The molecule has 92 valence electrons. The maximum atomic E-state index is 11.0.